The van der Waals surface area contributed by atoms with Gasteiger partial charge in [-0.05, 0) is 55.8 Å². The lowest BCUT2D eigenvalue weighted by molar-refractivity contribution is -0.142. The Balaban J connectivity index is 1.94. The zero-order chi connectivity index (χ0) is 11.6. The van der Waals surface area contributed by atoms with Gasteiger partial charge >= 0.3 is 5.97 Å². The summed E-state index contributed by atoms with van der Waals surface area (Å²) in [4.78, 5) is 10.9. The van der Waals surface area contributed by atoms with Crippen molar-refractivity contribution in [1.29, 1.82) is 0 Å². The molecule has 3 atom stereocenters. The van der Waals surface area contributed by atoms with Gasteiger partial charge in [0.1, 0.15) is 4.83 Å². The molecule has 0 amide bonds. The van der Waals surface area contributed by atoms with E-state index >= 15 is 0 Å². The third kappa shape index (κ3) is 1.59. The molecule has 0 radical (unpaired) electrons. The first-order valence-electron chi connectivity index (χ1n) is 5.98. The topological polar surface area (TPSA) is 37.3 Å². The Bertz CT molecular complexity index is 328. The quantitative estimate of drug-likeness (QED) is 0.772. The molecule has 4 bridgehead atoms. The summed E-state index contributed by atoms with van der Waals surface area (Å²) < 4.78 is 0.249. The molecule has 0 aromatic rings. The van der Waals surface area contributed by atoms with Crippen LogP contribution in [0.25, 0.3) is 0 Å². The van der Waals surface area contributed by atoms with Crippen molar-refractivity contribution >= 4 is 37.8 Å². The summed E-state index contributed by atoms with van der Waals surface area (Å²) in [5.74, 6) is 0.818. The van der Waals surface area contributed by atoms with Gasteiger partial charge in [0.25, 0.3) is 0 Å². The molecule has 0 saturated heterocycles. The average molecular weight is 352 g/mol. The number of hydrogen-bond acceptors (Lipinski definition) is 1. The number of carboxylic acid groups (broad SMARTS) is 1. The monoisotopic (exact) mass is 350 g/mol. The van der Waals surface area contributed by atoms with Crippen molar-refractivity contribution in [3.8, 4) is 0 Å². The molecule has 2 nitrogen and oxygen atoms in total. The maximum Gasteiger partial charge on any atom is 0.317 e. The van der Waals surface area contributed by atoms with E-state index in [4.69, 9.17) is 0 Å². The van der Waals surface area contributed by atoms with Crippen LogP contribution in [0.15, 0.2) is 0 Å². The Morgan fingerprint density at radius 1 is 1.25 bits per heavy atom. The highest BCUT2D eigenvalue weighted by molar-refractivity contribution is 9.10. The molecule has 90 valence electrons. The highest BCUT2D eigenvalue weighted by atomic mass is 79.9. The van der Waals surface area contributed by atoms with Gasteiger partial charge in [0.15, 0.2) is 0 Å². The maximum absolute atomic E-state index is 11.3. The van der Waals surface area contributed by atoms with Crippen LogP contribution in [-0.4, -0.2) is 20.2 Å². The Hall–Kier alpha value is 0.430. The first-order valence-corrected chi connectivity index (χ1v) is 7.69. The third-order valence-electron chi connectivity index (χ3n) is 4.79. The fourth-order valence-electron chi connectivity index (χ4n) is 4.78. The van der Waals surface area contributed by atoms with Gasteiger partial charge < -0.3 is 5.11 Å². The van der Waals surface area contributed by atoms with Gasteiger partial charge in [-0.3, -0.25) is 4.79 Å². The van der Waals surface area contributed by atoms with Crippen molar-refractivity contribution in [2.45, 2.75) is 47.7 Å². The van der Waals surface area contributed by atoms with E-state index in [2.05, 4.69) is 31.9 Å². The van der Waals surface area contributed by atoms with E-state index in [-0.39, 0.29) is 14.6 Å². The van der Waals surface area contributed by atoms with Crippen LogP contribution >= 0.6 is 31.9 Å². The van der Waals surface area contributed by atoms with Crippen molar-refractivity contribution in [2.24, 2.45) is 17.3 Å². The molecule has 0 heterocycles. The normalized spacial score (nSPS) is 51.6. The first-order chi connectivity index (χ1) is 7.42. The second-order valence-corrected chi connectivity index (χ2v) is 8.77. The van der Waals surface area contributed by atoms with Crippen molar-refractivity contribution < 1.29 is 9.90 Å². The minimum atomic E-state index is -0.682. The standard InChI is InChI=1S/C12H16Br2O2/c13-9(10(15)16)11-2-7-1-8(3-11)5-12(14,4-7)6-11/h7-9H,1-6H2,(H,15,16)/t7-,8-,9-,11?,12?/m1/s1. The molecule has 4 aliphatic carbocycles. The number of carboxylic acids is 1. The number of carbonyl (C=O) groups is 1. The van der Waals surface area contributed by atoms with E-state index < -0.39 is 5.97 Å². The molecular formula is C12H16Br2O2. The minimum Gasteiger partial charge on any atom is -0.480 e. The van der Waals surface area contributed by atoms with Crippen LogP contribution in [0.3, 0.4) is 0 Å². The lowest BCUT2D eigenvalue weighted by Crippen LogP contribution is -2.57. The van der Waals surface area contributed by atoms with Gasteiger partial charge in [0.2, 0.25) is 0 Å². The van der Waals surface area contributed by atoms with Crippen LogP contribution in [0.4, 0.5) is 0 Å². The molecule has 0 aromatic carbocycles. The van der Waals surface area contributed by atoms with Crippen molar-refractivity contribution in [1.82, 2.24) is 0 Å². The Kier molecular flexibility index (Phi) is 2.50. The van der Waals surface area contributed by atoms with E-state index in [1.54, 1.807) is 0 Å². The van der Waals surface area contributed by atoms with Gasteiger partial charge in [0.05, 0.1) is 0 Å². The summed E-state index contributed by atoms with van der Waals surface area (Å²) in [6.07, 6.45) is 7.09. The summed E-state index contributed by atoms with van der Waals surface area (Å²) in [7, 11) is 0. The molecule has 0 unspecified atom stereocenters. The fourth-order valence-corrected chi connectivity index (χ4v) is 6.79. The SMILES string of the molecule is O=C(O)[C@@H](Br)C12C[C@H]3C[C@@H](CC(Br)(C3)C1)C2. The number of rotatable bonds is 2. The largest absolute Gasteiger partial charge is 0.480 e. The molecular weight excluding hydrogens is 336 g/mol. The molecule has 16 heavy (non-hydrogen) atoms. The number of halogens is 2. The Labute approximate surface area is 112 Å². The van der Waals surface area contributed by atoms with Crippen molar-refractivity contribution in [2.75, 3.05) is 0 Å². The summed E-state index contributed by atoms with van der Waals surface area (Å²) in [5.41, 5.74) is 0.0133. The Morgan fingerprint density at radius 2 is 1.81 bits per heavy atom. The summed E-state index contributed by atoms with van der Waals surface area (Å²) >= 11 is 7.33. The number of alkyl halides is 2. The van der Waals surface area contributed by atoms with Crippen LogP contribution in [-0.2, 0) is 4.79 Å². The van der Waals surface area contributed by atoms with Crippen molar-refractivity contribution in [3.05, 3.63) is 0 Å². The van der Waals surface area contributed by atoms with Gasteiger partial charge in [-0.15, -0.1) is 0 Å². The lowest BCUT2D eigenvalue weighted by atomic mass is 9.48. The van der Waals surface area contributed by atoms with Gasteiger partial charge in [0, 0.05) is 4.32 Å². The van der Waals surface area contributed by atoms with Gasteiger partial charge in [-0.1, -0.05) is 31.9 Å². The van der Waals surface area contributed by atoms with Crippen LogP contribution in [0.5, 0.6) is 0 Å². The summed E-state index contributed by atoms with van der Waals surface area (Å²) in [6.45, 7) is 0. The zero-order valence-electron chi connectivity index (χ0n) is 9.09. The highest BCUT2D eigenvalue weighted by Crippen LogP contribution is 2.66. The predicted molar refractivity (Wildman–Crippen MR) is 69.1 cm³/mol. The van der Waals surface area contributed by atoms with Crippen LogP contribution < -0.4 is 0 Å². The Morgan fingerprint density at radius 3 is 2.25 bits per heavy atom. The van der Waals surface area contributed by atoms with Crippen LogP contribution in [0.2, 0.25) is 0 Å². The van der Waals surface area contributed by atoms with Gasteiger partial charge in [-0.2, -0.15) is 0 Å². The summed E-state index contributed by atoms with van der Waals surface area (Å²) in [6, 6.07) is 0. The maximum atomic E-state index is 11.3. The van der Waals surface area contributed by atoms with E-state index in [0.717, 1.165) is 31.1 Å². The van der Waals surface area contributed by atoms with E-state index in [9.17, 15) is 9.90 Å². The van der Waals surface area contributed by atoms with Crippen LogP contribution in [0, 0.1) is 17.3 Å². The molecule has 0 aromatic heterocycles. The summed E-state index contributed by atoms with van der Waals surface area (Å²) in [5, 5.41) is 9.26. The van der Waals surface area contributed by atoms with E-state index in [0.29, 0.717) is 0 Å². The first kappa shape index (κ1) is 11.5. The van der Waals surface area contributed by atoms with Crippen LogP contribution in [0.1, 0.15) is 38.5 Å². The molecule has 4 aliphatic rings. The van der Waals surface area contributed by atoms with Crippen molar-refractivity contribution in [3.63, 3.8) is 0 Å². The number of hydrogen-bond donors (Lipinski definition) is 1. The van der Waals surface area contributed by atoms with E-state index in [1.807, 2.05) is 0 Å². The molecule has 0 aliphatic heterocycles. The third-order valence-corrected chi connectivity index (χ3v) is 7.08. The molecule has 4 fully saturated rings. The molecule has 4 heteroatoms. The number of aliphatic carboxylic acids is 1. The molecule has 4 saturated carbocycles. The molecule has 1 N–H and O–H groups in total. The second kappa shape index (κ2) is 3.47. The minimum absolute atomic E-state index is 0.0133. The predicted octanol–water partition coefficient (Wildman–Crippen LogP) is 3.57. The van der Waals surface area contributed by atoms with Gasteiger partial charge in [-0.25, -0.2) is 0 Å². The van der Waals surface area contributed by atoms with E-state index in [1.165, 1.54) is 19.3 Å². The average Bonchev–Trinajstić information content (AvgIpc) is 2.12. The zero-order valence-corrected chi connectivity index (χ0v) is 12.3. The lowest BCUT2D eigenvalue weighted by Gasteiger charge is -2.61. The second-order valence-electron chi connectivity index (χ2n) is 6.18. The fraction of sp³-hybridized carbons (Fsp3) is 0.917. The molecule has 0 spiro atoms. The smallest absolute Gasteiger partial charge is 0.317 e. The molecule has 4 rings (SSSR count). The highest BCUT2D eigenvalue weighted by Gasteiger charge is 2.60.